The summed E-state index contributed by atoms with van der Waals surface area (Å²) in [6, 6.07) is 5.38. The zero-order valence-corrected chi connectivity index (χ0v) is 14.2. The maximum Gasteiger partial charge on any atom is 0.226 e. The van der Waals surface area contributed by atoms with Gasteiger partial charge in [-0.15, -0.1) is 0 Å². The van der Waals surface area contributed by atoms with Crippen molar-refractivity contribution >= 4 is 29.1 Å². The molecular weight excluding hydrogens is 314 g/mol. The van der Waals surface area contributed by atoms with Crippen LogP contribution in [0.5, 0.6) is 0 Å². The van der Waals surface area contributed by atoms with Crippen molar-refractivity contribution in [1.82, 2.24) is 5.32 Å². The SMILES string of the molecule is Cc1c(Cl)cccc1NC(=O)CCNC(=O)[C@@H]1CCC[C@@H]1CN. The first-order valence-electron chi connectivity index (χ1n) is 8.05. The zero-order valence-electron chi connectivity index (χ0n) is 13.4. The normalized spacial score (nSPS) is 20.3. The highest BCUT2D eigenvalue weighted by Gasteiger charge is 2.31. The first-order valence-corrected chi connectivity index (χ1v) is 8.43. The summed E-state index contributed by atoms with van der Waals surface area (Å²) in [4.78, 5) is 24.1. The molecule has 0 saturated heterocycles. The van der Waals surface area contributed by atoms with E-state index in [0.29, 0.717) is 23.8 Å². The Balaban J connectivity index is 1.76. The molecule has 0 bridgehead atoms. The van der Waals surface area contributed by atoms with Crippen LogP contribution in [-0.4, -0.2) is 24.9 Å². The highest BCUT2D eigenvalue weighted by molar-refractivity contribution is 6.31. The van der Waals surface area contributed by atoms with Gasteiger partial charge in [0, 0.05) is 29.6 Å². The van der Waals surface area contributed by atoms with Crippen molar-refractivity contribution in [2.24, 2.45) is 17.6 Å². The van der Waals surface area contributed by atoms with Crippen LogP contribution in [0.2, 0.25) is 5.02 Å². The maximum absolute atomic E-state index is 12.1. The van der Waals surface area contributed by atoms with Crippen LogP contribution < -0.4 is 16.4 Å². The standard InChI is InChI=1S/C17H24ClN3O2/c1-11-14(18)6-3-7-15(11)21-16(22)8-9-20-17(23)13-5-2-4-12(13)10-19/h3,6-7,12-13H,2,4-5,8-10,19H2,1H3,(H,20,23)(H,21,22)/t12-,13-/m1/s1. The molecule has 2 amide bonds. The summed E-state index contributed by atoms with van der Waals surface area (Å²) in [5, 5.41) is 6.29. The molecule has 1 fully saturated rings. The summed E-state index contributed by atoms with van der Waals surface area (Å²) in [6.45, 7) is 2.73. The average molecular weight is 338 g/mol. The van der Waals surface area contributed by atoms with Crippen LogP contribution in [0.4, 0.5) is 5.69 Å². The molecule has 1 aromatic rings. The van der Waals surface area contributed by atoms with Gasteiger partial charge in [-0.2, -0.15) is 0 Å². The predicted molar refractivity (Wildman–Crippen MR) is 92.3 cm³/mol. The summed E-state index contributed by atoms with van der Waals surface area (Å²) in [5.74, 6) is 0.151. The van der Waals surface area contributed by atoms with E-state index in [-0.39, 0.29) is 30.1 Å². The third kappa shape index (κ3) is 4.69. The molecule has 2 rings (SSSR count). The fraction of sp³-hybridized carbons (Fsp3) is 0.529. The molecule has 1 aromatic carbocycles. The molecule has 2 atom stereocenters. The van der Waals surface area contributed by atoms with Crippen LogP contribution in [0.3, 0.4) is 0 Å². The number of amides is 2. The van der Waals surface area contributed by atoms with Crippen molar-refractivity contribution in [3.05, 3.63) is 28.8 Å². The molecule has 1 aliphatic carbocycles. The molecule has 0 aromatic heterocycles. The second-order valence-corrected chi connectivity index (χ2v) is 6.44. The van der Waals surface area contributed by atoms with E-state index < -0.39 is 0 Å². The minimum atomic E-state index is -0.141. The summed E-state index contributed by atoms with van der Waals surface area (Å²) in [7, 11) is 0. The summed E-state index contributed by atoms with van der Waals surface area (Å²) >= 11 is 6.02. The second kappa shape index (κ2) is 8.31. The lowest BCUT2D eigenvalue weighted by Gasteiger charge is -2.17. The van der Waals surface area contributed by atoms with Gasteiger partial charge in [0.15, 0.2) is 0 Å². The Labute approximate surface area is 142 Å². The molecule has 0 heterocycles. The number of hydrogen-bond acceptors (Lipinski definition) is 3. The highest BCUT2D eigenvalue weighted by atomic mass is 35.5. The van der Waals surface area contributed by atoms with Gasteiger partial charge < -0.3 is 16.4 Å². The van der Waals surface area contributed by atoms with E-state index in [1.54, 1.807) is 12.1 Å². The third-order valence-electron chi connectivity index (χ3n) is 4.49. The van der Waals surface area contributed by atoms with Crippen molar-refractivity contribution in [3.63, 3.8) is 0 Å². The largest absolute Gasteiger partial charge is 0.355 e. The van der Waals surface area contributed by atoms with Crippen molar-refractivity contribution in [1.29, 1.82) is 0 Å². The summed E-state index contributed by atoms with van der Waals surface area (Å²) in [5.41, 5.74) is 7.23. The molecule has 126 valence electrons. The molecule has 0 aliphatic heterocycles. The average Bonchev–Trinajstić information content (AvgIpc) is 3.00. The lowest BCUT2D eigenvalue weighted by atomic mass is 9.95. The van der Waals surface area contributed by atoms with Gasteiger partial charge in [0.05, 0.1) is 0 Å². The number of rotatable bonds is 6. The molecule has 23 heavy (non-hydrogen) atoms. The van der Waals surface area contributed by atoms with Gasteiger partial charge >= 0.3 is 0 Å². The first kappa shape index (κ1) is 17.8. The van der Waals surface area contributed by atoms with E-state index in [9.17, 15) is 9.59 Å². The molecule has 0 unspecified atom stereocenters. The van der Waals surface area contributed by atoms with Crippen LogP contribution >= 0.6 is 11.6 Å². The van der Waals surface area contributed by atoms with Gasteiger partial charge in [-0.05, 0) is 49.9 Å². The summed E-state index contributed by atoms with van der Waals surface area (Å²) < 4.78 is 0. The van der Waals surface area contributed by atoms with Crippen LogP contribution in [0.15, 0.2) is 18.2 Å². The van der Waals surface area contributed by atoms with Crippen molar-refractivity contribution in [2.45, 2.75) is 32.6 Å². The highest BCUT2D eigenvalue weighted by Crippen LogP contribution is 2.30. The molecule has 0 spiro atoms. The van der Waals surface area contributed by atoms with Gasteiger partial charge in [-0.25, -0.2) is 0 Å². The Morgan fingerprint density at radius 3 is 2.87 bits per heavy atom. The topological polar surface area (TPSA) is 84.2 Å². The van der Waals surface area contributed by atoms with Gasteiger partial charge in [0.1, 0.15) is 0 Å². The third-order valence-corrected chi connectivity index (χ3v) is 4.90. The minimum Gasteiger partial charge on any atom is -0.355 e. The molecule has 1 saturated carbocycles. The van der Waals surface area contributed by atoms with Crippen LogP contribution in [0.1, 0.15) is 31.2 Å². The second-order valence-electron chi connectivity index (χ2n) is 6.03. The number of nitrogens with two attached hydrogens (primary N) is 1. The Morgan fingerprint density at radius 1 is 1.35 bits per heavy atom. The Bertz CT molecular complexity index is 577. The van der Waals surface area contributed by atoms with Crippen molar-refractivity contribution in [3.8, 4) is 0 Å². The number of benzene rings is 1. The van der Waals surface area contributed by atoms with Crippen LogP contribution in [-0.2, 0) is 9.59 Å². The molecule has 6 heteroatoms. The summed E-state index contributed by atoms with van der Waals surface area (Å²) in [6.07, 6.45) is 3.19. The van der Waals surface area contributed by atoms with Gasteiger partial charge in [-0.1, -0.05) is 24.1 Å². The fourth-order valence-corrected chi connectivity index (χ4v) is 3.22. The maximum atomic E-state index is 12.1. The zero-order chi connectivity index (χ0) is 16.8. The number of carbonyl (C=O) groups is 2. The minimum absolute atomic E-state index is 0.00163. The monoisotopic (exact) mass is 337 g/mol. The van der Waals surface area contributed by atoms with E-state index >= 15 is 0 Å². The van der Waals surface area contributed by atoms with E-state index in [0.717, 1.165) is 24.8 Å². The smallest absolute Gasteiger partial charge is 0.226 e. The molecule has 5 nitrogen and oxygen atoms in total. The number of hydrogen-bond donors (Lipinski definition) is 3. The molecular formula is C17H24ClN3O2. The Morgan fingerprint density at radius 2 is 2.13 bits per heavy atom. The van der Waals surface area contributed by atoms with Gasteiger partial charge in [-0.3, -0.25) is 9.59 Å². The molecule has 4 N–H and O–H groups in total. The predicted octanol–water partition coefficient (Wildman–Crippen LogP) is 2.47. The lowest BCUT2D eigenvalue weighted by molar-refractivity contribution is -0.126. The number of anilines is 1. The Kier molecular flexibility index (Phi) is 6.42. The molecule has 1 aliphatic rings. The number of nitrogens with one attached hydrogen (secondary N) is 2. The van der Waals surface area contributed by atoms with E-state index in [1.807, 2.05) is 13.0 Å². The van der Waals surface area contributed by atoms with Gasteiger partial charge in [0.2, 0.25) is 11.8 Å². The fourth-order valence-electron chi connectivity index (χ4n) is 3.05. The first-order chi connectivity index (χ1) is 11.0. The van der Waals surface area contributed by atoms with E-state index in [4.69, 9.17) is 17.3 Å². The van der Waals surface area contributed by atoms with Crippen LogP contribution in [0, 0.1) is 18.8 Å². The quantitative estimate of drug-likeness (QED) is 0.745. The number of halogens is 1. The van der Waals surface area contributed by atoms with E-state index in [1.165, 1.54) is 0 Å². The van der Waals surface area contributed by atoms with Crippen molar-refractivity contribution < 1.29 is 9.59 Å². The van der Waals surface area contributed by atoms with Crippen molar-refractivity contribution in [2.75, 3.05) is 18.4 Å². The van der Waals surface area contributed by atoms with Gasteiger partial charge in [0.25, 0.3) is 0 Å². The molecule has 0 radical (unpaired) electrons. The van der Waals surface area contributed by atoms with Crippen LogP contribution in [0.25, 0.3) is 0 Å². The Hall–Kier alpha value is -1.59. The van der Waals surface area contributed by atoms with E-state index in [2.05, 4.69) is 10.6 Å². The lowest BCUT2D eigenvalue weighted by Crippen LogP contribution is -2.36. The number of carbonyl (C=O) groups excluding carboxylic acids is 2.